The summed E-state index contributed by atoms with van der Waals surface area (Å²) in [6.45, 7) is 9.75. The number of allylic oxidation sites excluding steroid dienone is 2. The van der Waals surface area contributed by atoms with Crippen LogP contribution >= 0.6 is 0 Å². The van der Waals surface area contributed by atoms with E-state index in [9.17, 15) is 4.79 Å². The van der Waals surface area contributed by atoms with E-state index in [0.717, 1.165) is 26.1 Å². The third kappa shape index (κ3) is 14.8. The molecule has 0 fully saturated rings. The van der Waals surface area contributed by atoms with Crippen molar-refractivity contribution >= 4 is 6.09 Å². The van der Waals surface area contributed by atoms with Crippen LogP contribution in [0.3, 0.4) is 0 Å². The molecule has 0 aromatic heterocycles. The summed E-state index contributed by atoms with van der Waals surface area (Å²) in [6.07, 6.45) is 10.6. The van der Waals surface area contributed by atoms with Gasteiger partial charge in [0.15, 0.2) is 0 Å². The van der Waals surface area contributed by atoms with Crippen molar-refractivity contribution in [2.45, 2.75) is 52.6 Å². The van der Waals surface area contributed by atoms with Crippen molar-refractivity contribution in [1.29, 1.82) is 0 Å². The molecule has 0 atom stereocenters. The van der Waals surface area contributed by atoms with Gasteiger partial charge < -0.3 is 14.8 Å². The zero-order valence-electron chi connectivity index (χ0n) is 13.3. The zero-order chi connectivity index (χ0) is 15.3. The summed E-state index contributed by atoms with van der Waals surface area (Å²) in [4.78, 5) is 11.3. The normalized spacial score (nSPS) is 12.2. The second-order valence-electron chi connectivity index (χ2n) is 5.49. The number of alkyl carbamates (subject to hydrolysis) is 1. The second kappa shape index (κ2) is 11.5. The number of hydrogen-bond donors (Lipinski definition) is 1. The minimum absolute atomic E-state index is 0.393. The highest BCUT2D eigenvalue weighted by Gasteiger charge is 2.14. The van der Waals surface area contributed by atoms with Crippen LogP contribution in [-0.4, -0.2) is 31.5 Å². The molecule has 0 bridgehead atoms. The van der Waals surface area contributed by atoms with E-state index in [4.69, 9.17) is 9.47 Å². The Labute approximate surface area is 123 Å². The summed E-state index contributed by atoms with van der Waals surface area (Å²) >= 11 is 0. The lowest BCUT2D eigenvalue weighted by Crippen LogP contribution is -2.32. The van der Waals surface area contributed by atoms with E-state index >= 15 is 0 Å². The van der Waals surface area contributed by atoms with Gasteiger partial charge in [-0.15, -0.1) is 0 Å². The van der Waals surface area contributed by atoms with Gasteiger partial charge in [0.25, 0.3) is 0 Å². The highest BCUT2D eigenvalue weighted by molar-refractivity contribution is 5.67. The number of rotatable bonds is 9. The van der Waals surface area contributed by atoms with Gasteiger partial charge in [0.2, 0.25) is 0 Å². The van der Waals surface area contributed by atoms with E-state index in [-0.39, 0.29) is 0 Å². The number of nitrogens with one attached hydrogen (secondary N) is 1. The maximum atomic E-state index is 11.3. The van der Waals surface area contributed by atoms with E-state index in [1.54, 1.807) is 0 Å². The zero-order valence-corrected chi connectivity index (χ0v) is 13.3. The summed E-state index contributed by atoms with van der Waals surface area (Å²) in [7, 11) is 0. The molecule has 116 valence electrons. The van der Waals surface area contributed by atoms with Crippen LogP contribution in [0.1, 0.15) is 47.0 Å². The van der Waals surface area contributed by atoms with Crippen molar-refractivity contribution < 1.29 is 14.3 Å². The Morgan fingerprint density at radius 3 is 2.50 bits per heavy atom. The van der Waals surface area contributed by atoms with E-state index in [2.05, 4.69) is 18.3 Å². The molecule has 0 aliphatic carbocycles. The van der Waals surface area contributed by atoms with Gasteiger partial charge in [-0.25, -0.2) is 4.79 Å². The molecular weight excluding hydrogens is 254 g/mol. The first kappa shape index (κ1) is 18.7. The summed E-state index contributed by atoms with van der Waals surface area (Å²) in [5.74, 6) is 0. The first-order valence-electron chi connectivity index (χ1n) is 7.32. The molecule has 0 heterocycles. The average Bonchev–Trinajstić information content (AvgIpc) is 2.34. The van der Waals surface area contributed by atoms with E-state index in [1.807, 2.05) is 39.0 Å². The largest absolute Gasteiger partial charge is 0.444 e. The molecule has 4 heteroatoms. The Kier molecular flexibility index (Phi) is 10.8. The Balaban J connectivity index is 3.50. The minimum atomic E-state index is -0.453. The van der Waals surface area contributed by atoms with Crippen LogP contribution < -0.4 is 5.32 Å². The lowest BCUT2D eigenvalue weighted by atomic mass is 10.2. The fourth-order valence-corrected chi connectivity index (χ4v) is 1.28. The minimum Gasteiger partial charge on any atom is -0.444 e. The first-order chi connectivity index (χ1) is 9.45. The van der Waals surface area contributed by atoms with Gasteiger partial charge in [-0.1, -0.05) is 37.6 Å². The number of carbonyl (C=O) groups excluding carboxylic acids is 1. The quantitative estimate of drug-likeness (QED) is 0.517. The van der Waals surface area contributed by atoms with Gasteiger partial charge in [-0.2, -0.15) is 0 Å². The van der Waals surface area contributed by atoms with Crippen LogP contribution in [0.15, 0.2) is 24.3 Å². The summed E-state index contributed by atoms with van der Waals surface area (Å²) in [6, 6.07) is 0. The summed E-state index contributed by atoms with van der Waals surface area (Å²) in [5, 5.41) is 2.66. The summed E-state index contributed by atoms with van der Waals surface area (Å²) in [5.41, 5.74) is -0.453. The molecule has 1 amide bonds. The number of carbonyl (C=O) groups is 1. The van der Waals surface area contributed by atoms with Gasteiger partial charge in [-0.05, 0) is 33.6 Å². The highest BCUT2D eigenvalue weighted by atomic mass is 16.6. The SMILES string of the molecule is CCCCOCC/C=C/C=C/CNC(=O)OC(C)(C)C. The van der Waals surface area contributed by atoms with Gasteiger partial charge in [-0.3, -0.25) is 0 Å². The van der Waals surface area contributed by atoms with Gasteiger partial charge >= 0.3 is 6.09 Å². The molecular formula is C16H29NO3. The maximum Gasteiger partial charge on any atom is 0.407 e. The Hall–Kier alpha value is -1.29. The van der Waals surface area contributed by atoms with E-state index < -0.39 is 11.7 Å². The topological polar surface area (TPSA) is 47.6 Å². The van der Waals surface area contributed by atoms with Crippen LogP contribution in [0.25, 0.3) is 0 Å². The third-order valence-electron chi connectivity index (χ3n) is 2.22. The van der Waals surface area contributed by atoms with Crippen molar-refractivity contribution in [2.24, 2.45) is 0 Å². The van der Waals surface area contributed by atoms with Crippen molar-refractivity contribution in [1.82, 2.24) is 5.32 Å². The molecule has 0 unspecified atom stereocenters. The van der Waals surface area contributed by atoms with E-state index in [0.29, 0.717) is 6.54 Å². The molecule has 20 heavy (non-hydrogen) atoms. The van der Waals surface area contributed by atoms with Crippen molar-refractivity contribution in [3.8, 4) is 0 Å². The van der Waals surface area contributed by atoms with Crippen LogP contribution in [0.2, 0.25) is 0 Å². The monoisotopic (exact) mass is 283 g/mol. The first-order valence-corrected chi connectivity index (χ1v) is 7.32. The van der Waals surface area contributed by atoms with E-state index in [1.165, 1.54) is 6.42 Å². The molecule has 0 rings (SSSR count). The molecule has 0 saturated carbocycles. The molecule has 0 aromatic rings. The number of hydrogen-bond acceptors (Lipinski definition) is 3. The van der Waals surface area contributed by atoms with Crippen molar-refractivity contribution in [3.63, 3.8) is 0 Å². The molecule has 0 radical (unpaired) electrons. The average molecular weight is 283 g/mol. The fourth-order valence-electron chi connectivity index (χ4n) is 1.28. The second-order valence-corrected chi connectivity index (χ2v) is 5.49. The molecule has 0 aliphatic rings. The van der Waals surface area contributed by atoms with Gasteiger partial charge in [0, 0.05) is 13.2 Å². The fraction of sp³-hybridized carbons (Fsp3) is 0.688. The van der Waals surface area contributed by atoms with Crippen LogP contribution in [0, 0.1) is 0 Å². The molecule has 0 aromatic carbocycles. The number of unbranched alkanes of at least 4 members (excludes halogenated alkanes) is 1. The Bertz CT molecular complexity index is 303. The number of amides is 1. The van der Waals surface area contributed by atoms with Crippen molar-refractivity contribution in [3.05, 3.63) is 24.3 Å². The lowest BCUT2D eigenvalue weighted by Gasteiger charge is -2.19. The van der Waals surface area contributed by atoms with Gasteiger partial charge in [0.05, 0.1) is 6.61 Å². The Morgan fingerprint density at radius 1 is 1.15 bits per heavy atom. The molecule has 0 saturated heterocycles. The lowest BCUT2D eigenvalue weighted by molar-refractivity contribution is 0.0534. The van der Waals surface area contributed by atoms with Crippen LogP contribution in [0.5, 0.6) is 0 Å². The molecule has 0 aliphatic heterocycles. The smallest absolute Gasteiger partial charge is 0.407 e. The molecule has 1 N–H and O–H groups in total. The van der Waals surface area contributed by atoms with Crippen LogP contribution in [0.4, 0.5) is 4.79 Å². The third-order valence-corrected chi connectivity index (χ3v) is 2.22. The predicted octanol–water partition coefficient (Wildman–Crippen LogP) is 3.83. The maximum absolute atomic E-state index is 11.3. The Morgan fingerprint density at radius 2 is 1.85 bits per heavy atom. The number of ether oxygens (including phenoxy) is 2. The standard InChI is InChI=1S/C16H29NO3/c1-5-6-13-19-14-11-9-7-8-10-12-17-15(18)20-16(2,3)4/h7-10H,5-6,11-14H2,1-4H3,(H,17,18)/b9-7+,10-8+. The van der Waals surface area contributed by atoms with Gasteiger partial charge in [0.1, 0.15) is 5.60 Å². The van der Waals surface area contributed by atoms with Crippen molar-refractivity contribution in [2.75, 3.05) is 19.8 Å². The molecule has 0 spiro atoms. The predicted molar refractivity (Wildman–Crippen MR) is 82.9 cm³/mol. The molecule has 4 nitrogen and oxygen atoms in total. The summed E-state index contributed by atoms with van der Waals surface area (Å²) < 4.78 is 10.5. The highest BCUT2D eigenvalue weighted by Crippen LogP contribution is 2.06. The van der Waals surface area contributed by atoms with Crippen LogP contribution in [-0.2, 0) is 9.47 Å².